The lowest BCUT2D eigenvalue weighted by Gasteiger charge is -2.12. The summed E-state index contributed by atoms with van der Waals surface area (Å²) in [4.78, 5) is 7.99. The van der Waals surface area contributed by atoms with Gasteiger partial charge in [-0.3, -0.25) is 0 Å². The second-order valence-corrected chi connectivity index (χ2v) is 5.82. The molecule has 1 unspecified atom stereocenters. The first kappa shape index (κ1) is 14.8. The molecule has 2 N–H and O–H groups in total. The van der Waals surface area contributed by atoms with Crippen LogP contribution in [-0.2, 0) is 6.42 Å². The summed E-state index contributed by atoms with van der Waals surface area (Å²) in [7, 11) is 0. The summed E-state index contributed by atoms with van der Waals surface area (Å²) in [6.07, 6.45) is 2.09. The minimum atomic E-state index is 0.549. The topological polar surface area (TPSA) is 40.7 Å². The SMILES string of the molecule is CC(CNCCCc1nc2ccccc2[nH]1)c1ccccc1. The second-order valence-electron chi connectivity index (χ2n) is 5.82. The number of nitrogens with zero attached hydrogens (tertiary/aromatic N) is 1. The van der Waals surface area contributed by atoms with Crippen molar-refractivity contribution in [1.29, 1.82) is 0 Å². The highest BCUT2D eigenvalue weighted by Crippen LogP contribution is 2.13. The molecule has 0 bridgehead atoms. The number of hydrogen-bond acceptors (Lipinski definition) is 2. The average Bonchev–Trinajstić information content (AvgIpc) is 2.98. The van der Waals surface area contributed by atoms with Crippen molar-refractivity contribution in [2.24, 2.45) is 0 Å². The Balaban J connectivity index is 1.40. The summed E-state index contributed by atoms with van der Waals surface area (Å²) >= 11 is 0. The summed E-state index contributed by atoms with van der Waals surface area (Å²) in [5.74, 6) is 1.63. The molecule has 0 aliphatic rings. The van der Waals surface area contributed by atoms with Crippen LogP contribution in [0.2, 0.25) is 0 Å². The maximum atomic E-state index is 4.61. The molecule has 1 atom stereocenters. The third-order valence-corrected chi connectivity index (χ3v) is 4.02. The Kier molecular flexibility index (Phi) is 4.86. The van der Waals surface area contributed by atoms with E-state index in [0.29, 0.717) is 5.92 Å². The lowest BCUT2D eigenvalue weighted by molar-refractivity contribution is 0.592. The van der Waals surface area contributed by atoms with Crippen LogP contribution in [0.3, 0.4) is 0 Å². The molecule has 3 aromatic rings. The summed E-state index contributed by atoms with van der Waals surface area (Å²) < 4.78 is 0. The predicted molar refractivity (Wildman–Crippen MR) is 92.1 cm³/mol. The number of aromatic amines is 1. The van der Waals surface area contributed by atoms with Gasteiger partial charge in [0, 0.05) is 13.0 Å². The molecule has 3 rings (SSSR count). The zero-order chi connectivity index (χ0) is 15.2. The van der Waals surface area contributed by atoms with Gasteiger partial charge in [-0.05, 0) is 36.6 Å². The van der Waals surface area contributed by atoms with E-state index in [2.05, 4.69) is 64.7 Å². The standard InChI is InChI=1S/C19H23N3/c1-15(16-8-3-2-4-9-16)14-20-13-7-12-19-21-17-10-5-6-11-18(17)22-19/h2-6,8-11,15,20H,7,12-14H2,1H3,(H,21,22). The summed E-state index contributed by atoms with van der Waals surface area (Å²) in [6.45, 7) is 4.31. The van der Waals surface area contributed by atoms with E-state index in [-0.39, 0.29) is 0 Å². The van der Waals surface area contributed by atoms with Crippen molar-refractivity contribution >= 4 is 11.0 Å². The zero-order valence-electron chi connectivity index (χ0n) is 13.0. The van der Waals surface area contributed by atoms with Crippen molar-refractivity contribution in [2.45, 2.75) is 25.7 Å². The molecule has 0 aliphatic heterocycles. The van der Waals surface area contributed by atoms with E-state index < -0.39 is 0 Å². The molecule has 0 saturated heterocycles. The van der Waals surface area contributed by atoms with Gasteiger partial charge in [-0.25, -0.2) is 4.98 Å². The largest absolute Gasteiger partial charge is 0.342 e. The number of fused-ring (bicyclic) bond motifs is 1. The molecule has 3 nitrogen and oxygen atoms in total. The second kappa shape index (κ2) is 7.23. The highest BCUT2D eigenvalue weighted by molar-refractivity contribution is 5.74. The summed E-state index contributed by atoms with van der Waals surface area (Å²) in [6, 6.07) is 18.9. The van der Waals surface area contributed by atoms with Crippen LogP contribution in [0.25, 0.3) is 11.0 Å². The average molecular weight is 293 g/mol. The molecule has 0 radical (unpaired) electrons. The molecule has 0 spiro atoms. The highest BCUT2D eigenvalue weighted by Gasteiger charge is 2.04. The molecule has 1 heterocycles. The Morgan fingerprint density at radius 1 is 1.05 bits per heavy atom. The molecule has 0 saturated carbocycles. The molecule has 22 heavy (non-hydrogen) atoms. The van der Waals surface area contributed by atoms with Crippen LogP contribution in [0, 0.1) is 0 Å². The molecule has 0 fully saturated rings. The van der Waals surface area contributed by atoms with Crippen molar-refractivity contribution < 1.29 is 0 Å². The molecule has 3 heteroatoms. The number of imidazole rings is 1. The van der Waals surface area contributed by atoms with Gasteiger partial charge in [-0.2, -0.15) is 0 Å². The van der Waals surface area contributed by atoms with E-state index in [0.717, 1.165) is 42.8 Å². The minimum Gasteiger partial charge on any atom is -0.342 e. The van der Waals surface area contributed by atoms with Gasteiger partial charge in [0.2, 0.25) is 0 Å². The number of rotatable bonds is 7. The van der Waals surface area contributed by atoms with E-state index >= 15 is 0 Å². The Bertz CT molecular complexity index is 670. The van der Waals surface area contributed by atoms with Crippen molar-refractivity contribution in [3.63, 3.8) is 0 Å². The molecular formula is C19H23N3. The number of para-hydroxylation sites is 2. The maximum Gasteiger partial charge on any atom is 0.107 e. The number of H-pyrrole nitrogens is 1. The monoisotopic (exact) mass is 293 g/mol. The fourth-order valence-corrected chi connectivity index (χ4v) is 2.72. The van der Waals surface area contributed by atoms with Crippen LogP contribution in [0.1, 0.15) is 30.7 Å². The van der Waals surface area contributed by atoms with Crippen molar-refractivity contribution in [1.82, 2.24) is 15.3 Å². The molecule has 114 valence electrons. The predicted octanol–water partition coefficient (Wildman–Crippen LogP) is 3.89. The van der Waals surface area contributed by atoms with Crippen molar-refractivity contribution in [2.75, 3.05) is 13.1 Å². The van der Waals surface area contributed by atoms with Crippen LogP contribution in [-0.4, -0.2) is 23.1 Å². The number of hydrogen-bond donors (Lipinski definition) is 2. The summed E-state index contributed by atoms with van der Waals surface area (Å²) in [5, 5.41) is 3.55. The fourth-order valence-electron chi connectivity index (χ4n) is 2.72. The maximum absolute atomic E-state index is 4.61. The number of aryl methyl sites for hydroxylation is 1. The van der Waals surface area contributed by atoms with Gasteiger partial charge in [0.05, 0.1) is 11.0 Å². The zero-order valence-corrected chi connectivity index (χ0v) is 13.0. The molecular weight excluding hydrogens is 270 g/mol. The minimum absolute atomic E-state index is 0.549. The quantitative estimate of drug-likeness (QED) is 0.649. The fraction of sp³-hybridized carbons (Fsp3) is 0.316. The van der Waals surface area contributed by atoms with Gasteiger partial charge in [-0.15, -0.1) is 0 Å². The van der Waals surface area contributed by atoms with Gasteiger partial charge in [0.25, 0.3) is 0 Å². The first-order chi connectivity index (χ1) is 10.8. The van der Waals surface area contributed by atoms with E-state index in [9.17, 15) is 0 Å². The highest BCUT2D eigenvalue weighted by atomic mass is 14.9. The molecule has 0 aliphatic carbocycles. The van der Waals surface area contributed by atoms with Crippen LogP contribution in [0.5, 0.6) is 0 Å². The van der Waals surface area contributed by atoms with Crippen LogP contribution in [0.4, 0.5) is 0 Å². The van der Waals surface area contributed by atoms with Gasteiger partial charge in [0.1, 0.15) is 5.82 Å². The lowest BCUT2D eigenvalue weighted by atomic mass is 10.0. The Hall–Kier alpha value is -2.13. The van der Waals surface area contributed by atoms with E-state index in [1.807, 2.05) is 12.1 Å². The molecule has 2 aromatic carbocycles. The first-order valence-electron chi connectivity index (χ1n) is 8.02. The van der Waals surface area contributed by atoms with Crippen molar-refractivity contribution in [3.8, 4) is 0 Å². The first-order valence-corrected chi connectivity index (χ1v) is 8.02. The van der Waals surface area contributed by atoms with Crippen LogP contribution in [0.15, 0.2) is 54.6 Å². The number of aromatic nitrogens is 2. The third-order valence-electron chi connectivity index (χ3n) is 4.02. The normalized spacial score (nSPS) is 12.6. The van der Waals surface area contributed by atoms with E-state index in [1.54, 1.807) is 0 Å². The van der Waals surface area contributed by atoms with Gasteiger partial charge in [-0.1, -0.05) is 49.4 Å². The van der Waals surface area contributed by atoms with Gasteiger partial charge in [0.15, 0.2) is 0 Å². The van der Waals surface area contributed by atoms with Gasteiger partial charge < -0.3 is 10.3 Å². The smallest absolute Gasteiger partial charge is 0.107 e. The van der Waals surface area contributed by atoms with E-state index in [1.165, 1.54) is 5.56 Å². The Morgan fingerprint density at radius 3 is 2.64 bits per heavy atom. The lowest BCUT2D eigenvalue weighted by Crippen LogP contribution is -2.21. The number of nitrogens with one attached hydrogen (secondary N) is 2. The number of benzene rings is 2. The molecule has 0 amide bonds. The molecule has 1 aromatic heterocycles. The Labute approximate surface area is 131 Å². The van der Waals surface area contributed by atoms with Crippen molar-refractivity contribution in [3.05, 3.63) is 66.0 Å². The Morgan fingerprint density at radius 2 is 1.82 bits per heavy atom. The van der Waals surface area contributed by atoms with Crippen LogP contribution >= 0.6 is 0 Å². The summed E-state index contributed by atoms with van der Waals surface area (Å²) in [5.41, 5.74) is 3.58. The van der Waals surface area contributed by atoms with Crippen LogP contribution < -0.4 is 5.32 Å². The van der Waals surface area contributed by atoms with Gasteiger partial charge >= 0.3 is 0 Å². The van der Waals surface area contributed by atoms with E-state index in [4.69, 9.17) is 0 Å². The third kappa shape index (κ3) is 3.74.